The molecule has 0 aliphatic heterocycles. The summed E-state index contributed by atoms with van der Waals surface area (Å²) < 4.78 is 0. The number of nitrogens with one attached hydrogen (secondary N) is 4. The molecule has 0 unspecified atom stereocenters. The first-order valence-electron chi connectivity index (χ1n) is 9.35. The van der Waals surface area contributed by atoms with Gasteiger partial charge in [0.25, 0.3) is 0 Å². The SMILES string of the molecule is CC(=O)Nc1c[c-]ccc1.CC(=O)Nc1ccc(NC(=[N-])c2[c-]cccc2)cc1C=N.[Li+]. The van der Waals surface area contributed by atoms with Crippen LogP contribution in [0.5, 0.6) is 0 Å². The van der Waals surface area contributed by atoms with Crippen molar-refractivity contribution in [2.45, 2.75) is 13.8 Å². The van der Waals surface area contributed by atoms with E-state index in [1.165, 1.54) is 13.8 Å². The molecular weight excluding hydrogens is 397 g/mol. The average Bonchev–Trinajstić information content (AvgIpc) is 2.76. The van der Waals surface area contributed by atoms with Gasteiger partial charge >= 0.3 is 18.9 Å². The van der Waals surface area contributed by atoms with Gasteiger partial charge in [-0.15, -0.1) is 36.4 Å². The zero-order chi connectivity index (χ0) is 22.6. The van der Waals surface area contributed by atoms with E-state index >= 15 is 0 Å². The Morgan fingerprint density at radius 3 is 2.25 bits per heavy atom. The largest absolute Gasteiger partial charge is 1.00 e. The molecule has 0 bridgehead atoms. The molecule has 158 valence electrons. The molecule has 3 aromatic carbocycles. The third-order valence-electron chi connectivity index (χ3n) is 3.77. The van der Waals surface area contributed by atoms with Crippen LogP contribution in [0, 0.1) is 17.5 Å². The zero-order valence-corrected chi connectivity index (χ0v) is 18.2. The van der Waals surface area contributed by atoms with Crippen LogP contribution in [0.15, 0.2) is 66.7 Å². The van der Waals surface area contributed by atoms with Crippen LogP contribution in [0.3, 0.4) is 0 Å². The minimum absolute atomic E-state index is 0. The molecule has 0 heterocycles. The monoisotopic (exact) mass is 419 g/mol. The van der Waals surface area contributed by atoms with Gasteiger partial charge < -0.3 is 26.8 Å². The second-order valence-electron chi connectivity index (χ2n) is 6.35. The van der Waals surface area contributed by atoms with Crippen LogP contribution in [-0.4, -0.2) is 23.9 Å². The summed E-state index contributed by atoms with van der Waals surface area (Å²) in [5, 5.41) is 25.5. The Kier molecular flexibility index (Phi) is 11.2. The first kappa shape index (κ1) is 26.4. The molecule has 0 radical (unpaired) electrons. The predicted molar refractivity (Wildman–Crippen MR) is 125 cm³/mol. The predicted octanol–water partition coefficient (Wildman–Crippen LogP) is 1.32. The van der Waals surface area contributed by atoms with Crippen LogP contribution in [-0.2, 0) is 9.59 Å². The summed E-state index contributed by atoms with van der Waals surface area (Å²) in [6, 6.07) is 25.0. The van der Waals surface area contributed by atoms with Gasteiger partial charge in [-0.1, -0.05) is 17.4 Å². The normalized spacial score (nSPS) is 9.19. The summed E-state index contributed by atoms with van der Waals surface area (Å²) in [6.45, 7) is 2.89. The van der Waals surface area contributed by atoms with Crippen molar-refractivity contribution in [1.29, 1.82) is 5.41 Å². The van der Waals surface area contributed by atoms with Crippen LogP contribution >= 0.6 is 0 Å². The number of nitrogens with zero attached hydrogens (tertiary/aromatic N) is 1. The van der Waals surface area contributed by atoms with Crippen molar-refractivity contribution in [3.05, 3.63) is 95.4 Å². The van der Waals surface area contributed by atoms with Gasteiger partial charge in [-0.2, -0.15) is 35.7 Å². The van der Waals surface area contributed by atoms with Crippen molar-refractivity contribution in [2.75, 3.05) is 16.0 Å². The van der Waals surface area contributed by atoms with Crippen molar-refractivity contribution in [2.24, 2.45) is 0 Å². The summed E-state index contributed by atoms with van der Waals surface area (Å²) in [5.41, 5.74) is 3.03. The topological polar surface area (TPSA) is 116 Å². The summed E-state index contributed by atoms with van der Waals surface area (Å²) in [6.07, 6.45) is 1.14. The Morgan fingerprint density at radius 1 is 0.938 bits per heavy atom. The molecule has 0 fully saturated rings. The summed E-state index contributed by atoms with van der Waals surface area (Å²) >= 11 is 0. The van der Waals surface area contributed by atoms with E-state index in [2.05, 4.69) is 28.1 Å². The summed E-state index contributed by atoms with van der Waals surface area (Å²) in [5.74, 6) is -0.287. The first-order valence-corrected chi connectivity index (χ1v) is 9.35. The van der Waals surface area contributed by atoms with E-state index < -0.39 is 0 Å². The number of hydrogen-bond donors (Lipinski definition) is 4. The van der Waals surface area contributed by atoms with Crippen molar-refractivity contribution in [1.82, 2.24) is 0 Å². The minimum Gasteiger partial charge on any atom is -0.521 e. The third-order valence-corrected chi connectivity index (χ3v) is 3.77. The van der Waals surface area contributed by atoms with Gasteiger partial charge in [0, 0.05) is 31.3 Å². The van der Waals surface area contributed by atoms with E-state index in [0.717, 1.165) is 11.9 Å². The molecule has 3 rings (SSSR count). The summed E-state index contributed by atoms with van der Waals surface area (Å²) in [7, 11) is 0. The van der Waals surface area contributed by atoms with E-state index in [-0.39, 0.29) is 36.5 Å². The van der Waals surface area contributed by atoms with Crippen molar-refractivity contribution < 1.29 is 28.4 Å². The number of hydrogen-bond acceptors (Lipinski definition) is 3. The molecule has 2 amide bonds. The average molecular weight is 419 g/mol. The molecule has 0 saturated carbocycles. The smallest absolute Gasteiger partial charge is 0.521 e. The van der Waals surface area contributed by atoms with Gasteiger partial charge in [0.2, 0.25) is 11.8 Å². The Morgan fingerprint density at radius 2 is 1.69 bits per heavy atom. The van der Waals surface area contributed by atoms with E-state index in [0.29, 0.717) is 22.5 Å². The first-order chi connectivity index (χ1) is 14.9. The molecule has 4 N–H and O–H groups in total. The second kappa shape index (κ2) is 13.6. The fourth-order valence-electron chi connectivity index (χ4n) is 2.48. The van der Waals surface area contributed by atoms with E-state index in [4.69, 9.17) is 5.41 Å². The van der Waals surface area contributed by atoms with Gasteiger partial charge in [0.15, 0.2) is 0 Å². The Balaban J connectivity index is 0.000000393. The molecular formula is C24H22LiN5O2-2. The van der Waals surface area contributed by atoms with E-state index in [9.17, 15) is 15.0 Å². The molecule has 8 heteroatoms. The number of carbonyl (C=O) groups excluding carboxylic acids is 2. The molecule has 0 aliphatic rings. The standard InChI is InChI=1S/C16H14N4O.C8H8NO.Li/c1-11(21)19-15-8-7-14(9-13(15)10-17)20-16(18)12-5-3-2-4-6-12;1-7(10)9-8-5-3-2-4-6-8;/h2-5,7-10H,1H3,(H3-,17,18,19,20,21);2-3,5-6H,1H3,(H,9,10);/q-2;-1;+1. The van der Waals surface area contributed by atoms with Gasteiger partial charge in [-0.25, -0.2) is 0 Å². The Labute approximate surface area is 199 Å². The molecule has 7 nitrogen and oxygen atoms in total. The van der Waals surface area contributed by atoms with Gasteiger partial charge in [-0.3, -0.25) is 9.59 Å². The summed E-state index contributed by atoms with van der Waals surface area (Å²) in [4.78, 5) is 21.6. The molecule has 32 heavy (non-hydrogen) atoms. The van der Waals surface area contributed by atoms with E-state index in [1.54, 1.807) is 48.5 Å². The molecule has 0 aliphatic carbocycles. The van der Waals surface area contributed by atoms with Crippen LogP contribution in [0.1, 0.15) is 25.0 Å². The molecule has 0 spiro atoms. The van der Waals surface area contributed by atoms with Crippen molar-refractivity contribution in [3.8, 4) is 0 Å². The van der Waals surface area contributed by atoms with Crippen molar-refractivity contribution >= 4 is 40.9 Å². The van der Waals surface area contributed by atoms with E-state index in [1.807, 2.05) is 18.2 Å². The molecule has 3 aromatic rings. The fraction of sp³-hybridized carbons (Fsp3) is 0.0833. The van der Waals surface area contributed by atoms with Crippen LogP contribution in [0.4, 0.5) is 17.1 Å². The molecule has 0 atom stereocenters. The maximum absolute atomic E-state index is 11.1. The number of rotatable bonds is 5. The fourth-order valence-corrected chi connectivity index (χ4v) is 2.48. The maximum Gasteiger partial charge on any atom is 1.00 e. The Hall–Kier alpha value is -3.66. The van der Waals surface area contributed by atoms with Gasteiger partial charge in [-0.05, 0) is 12.1 Å². The maximum atomic E-state index is 11.1. The quantitative estimate of drug-likeness (QED) is 0.216. The number of carbonyl (C=O) groups is 2. The number of amides is 2. The van der Waals surface area contributed by atoms with Crippen LogP contribution < -0.4 is 34.8 Å². The minimum atomic E-state index is -0.202. The third kappa shape index (κ3) is 9.00. The Bertz CT molecular complexity index is 1060. The molecule has 0 saturated heterocycles. The molecule has 0 aromatic heterocycles. The van der Waals surface area contributed by atoms with Crippen molar-refractivity contribution in [3.63, 3.8) is 0 Å². The second-order valence-corrected chi connectivity index (χ2v) is 6.35. The number of benzene rings is 3. The van der Waals surface area contributed by atoms with Gasteiger partial charge in [0.05, 0.1) is 0 Å². The van der Waals surface area contributed by atoms with Crippen LogP contribution in [0.25, 0.3) is 5.41 Å². The number of amidine groups is 1. The van der Waals surface area contributed by atoms with Gasteiger partial charge in [0.1, 0.15) is 0 Å². The van der Waals surface area contributed by atoms with Crippen LogP contribution in [0.2, 0.25) is 0 Å². The number of anilines is 3. The zero-order valence-electron chi connectivity index (χ0n) is 18.2.